The summed E-state index contributed by atoms with van der Waals surface area (Å²) < 4.78 is 0. The van der Waals surface area contributed by atoms with Gasteiger partial charge in [0.15, 0.2) is 0 Å². The molecule has 1 fully saturated rings. The largest absolute Gasteiger partial charge is 0.396 e. The van der Waals surface area contributed by atoms with Crippen LogP contribution in [0.2, 0.25) is 0 Å². The van der Waals surface area contributed by atoms with E-state index in [0.717, 1.165) is 30.8 Å². The van der Waals surface area contributed by atoms with Crippen LogP contribution in [0.15, 0.2) is 41.4 Å². The molecule has 4 rings (SSSR count). The Bertz CT molecular complexity index is 729. The predicted molar refractivity (Wildman–Crippen MR) is 104 cm³/mol. The van der Waals surface area contributed by atoms with Crippen molar-refractivity contribution < 1.29 is 5.11 Å². The van der Waals surface area contributed by atoms with Crippen molar-refractivity contribution in [2.75, 3.05) is 29.6 Å². The van der Waals surface area contributed by atoms with Crippen LogP contribution in [-0.4, -0.2) is 29.8 Å². The highest BCUT2D eigenvalue weighted by atomic mass is 32.2. The molecule has 1 aromatic carbocycles. The van der Waals surface area contributed by atoms with Gasteiger partial charge in [0.1, 0.15) is 11.2 Å². The molecule has 0 saturated heterocycles. The van der Waals surface area contributed by atoms with Gasteiger partial charge in [-0.15, -0.1) is 0 Å². The average Bonchev–Trinajstić information content (AvgIpc) is 3.27. The zero-order chi connectivity index (χ0) is 17.2. The highest BCUT2D eigenvalue weighted by Gasteiger charge is 2.28. The molecule has 3 unspecified atom stereocenters. The maximum atomic E-state index is 9.40. The molecule has 1 aromatic heterocycles. The Labute approximate surface area is 152 Å². The first-order valence-corrected chi connectivity index (χ1v) is 9.72. The molecule has 0 radical (unpaired) electrons. The first-order chi connectivity index (χ1) is 12.3. The number of nitrogens with one attached hydrogen (secondary N) is 3. The standard InChI is InChI=1S/C19H24N4OS/c1-20-18-9-16(22-13-7-6-12(8-13)11-24)14(10-21-18)19-23-15-4-2-3-5-17(15)25-19/h2-5,9-10,12-13,19,23-24H,6-8,11H2,1H3,(H2,20,21,22). The number of fused-ring (bicyclic) bond motifs is 1. The Balaban J connectivity index is 1.58. The lowest BCUT2D eigenvalue weighted by molar-refractivity contribution is 0.229. The lowest BCUT2D eigenvalue weighted by Crippen LogP contribution is -2.19. The first kappa shape index (κ1) is 16.5. The number of benzene rings is 1. The quantitative estimate of drug-likeness (QED) is 0.651. The van der Waals surface area contributed by atoms with Crippen LogP contribution >= 0.6 is 11.8 Å². The highest BCUT2D eigenvalue weighted by Crippen LogP contribution is 2.48. The fraction of sp³-hybridized carbons (Fsp3) is 0.421. The second-order valence-corrected chi connectivity index (χ2v) is 7.90. The second-order valence-electron chi connectivity index (χ2n) is 6.75. The second kappa shape index (κ2) is 7.14. The van der Waals surface area contributed by atoms with Gasteiger partial charge in [-0.1, -0.05) is 23.9 Å². The van der Waals surface area contributed by atoms with Crippen molar-refractivity contribution in [1.82, 2.24) is 4.98 Å². The van der Waals surface area contributed by atoms with Crippen molar-refractivity contribution >= 4 is 29.0 Å². The number of thioether (sulfide) groups is 1. The van der Waals surface area contributed by atoms with Crippen LogP contribution < -0.4 is 16.0 Å². The Morgan fingerprint density at radius 3 is 2.96 bits per heavy atom. The third-order valence-electron chi connectivity index (χ3n) is 5.05. The summed E-state index contributed by atoms with van der Waals surface area (Å²) in [6.07, 6.45) is 5.19. The molecule has 25 heavy (non-hydrogen) atoms. The van der Waals surface area contributed by atoms with E-state index in [9.17, 15) is 5.11 Å². The van der Waals surface area contributed by atoms with Crippen LogP contribution in [0.3, 0.4) is 0 Å². The molecule has 6 heteroatoms. The summed E-state index contributed by atoms with van der Waals surface area (Å²) in [6, 6.07) is 10.9. The van der Waals surface area contributed by atoms with Gasteiger partial charge >= 0.3 is 0 Å². The molecule has 2 aromatic rings. The van der Waals surface area contributed by atoms with Crippen molar-refractivity contribution in [3.05, 3.63) is 42.1 Å². The molecule has 3 atom stereocenters. The van der Waals surface area contributed by atoms with E-state index >= 15 is 0 Å². The number of aromatic nitrogens is 1. The molecule has 5 nitrogen and oxygen atoms in total. The number of anilines is 3. The molecular weight excluding hydrogens is 332 g/mol. The van der Waals surface area contributed by atoms with E-state index in [-0.39, 0.29) is 5.37 Å². The third kappa shape index (κ3) is 3.41. The highest BCUT2D eigenvalue weighted by molar-refractivity contribution is 8.00. The molecule has 1 aliphatic carbocycles. The molecule has 132 valence electrons. The van der Waals surface area contributed by atoms with Gasteiger partial charge in [-0.25, -0.2) is 4.98 Å². The molecule has 0 bridgehead atoms. The van der Waals surface area contributed by atoms with Gasteiger partial charge in [0.25, 0.3) is 0 Å². The SMILES string of the molecule is CNc1cc(NC2CCC(CO)C2)c(C2Nc3ccccc3S2)cn1. The Kier molecular flexibility index (Phi) is 4.72. The van der Waals surface area contributed by atoms with E-state index in [0.29, 0.717) is 18.6 Å². The van der Waals surface area contributed by atoms with E-state index in [1.807, 2.05) is 25.0 Å². The average molecular weight is 356 g/mol. The minimum Gasteiger partial charge on any atom is -0.396 e. The van der Waals surface area contributed by atoms with Gasteiger partial charge in [-0.05, 0) is 37.3 Å². The summed E-state index contributed by atoms with van der Waals surface area (Å²) in [7, 11) is 1.89. The van der Waals surface area contributed by atoms with Crippen molar-refractivity contribution in [1.29, 1.82) is 0 Å². The maximum Gasteiger partial charge on any atom is 0.127 e. The zero-order valence-electron chi connectivity index (χ0n) is 14.3. The normalized spacial score (nSPS) is 24.6. The van der Waals surface area contributed by atoms with Crippen molar-refractivity contribution in [2.45, 2.75) is 35.6 Å². The van der Waals surface area contributed by atoms with Gasteiger partial charge < -0.3 is 21.1 Å². The van der Waals surface area contributed by atoms with Crippen LogP contribution in [0.25, 0.3) is 0 Å². The summed E-state index contributed by atoms with van der Waals surface area (Å²) >= 11 is 1.83. The van der Waals surface area contributed by atoms with Crippen LogP contribution in [0.4, 0.5) is 17.2 Å². The number of pyridine rings is 1. The predicted octanol–water partition coefficient (Wildman–Crippen LogP) is 3.91. The topological polar surface area (TPSA) is 69.2 Å². The third-order valence-corrected chi connectivity index (χ3v) is 6.27. The maximum absolute atomic E-state index is 9.40. The molecule has 2 heterocycles. The number of hydrogen-bond acceptors (Lipinski definition) is 6. The van der Waals surface area contributed by atoms with Crippen LogP contribution in [-0.2, 0) is 0 Å². The number of aliphatic hydroxyl groups is 1. The fourth-order valence-electron chi connectivity index (χ4n) is 3.66. The van der Waals surface area contributed by atoms with Gasteiger partial charge in [-0.3, -0.25) is 0 Å². The summed E-state index contributed by atoms with van der Waals surface area (Å²) in [6.45, 7) is 0.290. The van der Waals surface area contributed by atoms with E-state index in [1.54, 1.807) is 0 Å². The summed E-state index contributed by atoms with van der Waals surface area (Å²) in [4.78, 5) is 5.80. The van der Waals surface area contributed by atoms with Gasteiger partial charge in [-0.2, -0.15) is 0 Å². The summed E-state index contributed by atoms with van der Waals surface area (Å²) in [5.41, 5.74) is 3.48. The molecular formula is C19H24N4OS. The molecule has 2 aliphatic rings. The Morgan fingerprint density at radius 2 is 2.20 bits per heavy atom. The van der Waals surface area contributed by atoms with E-state index in [1.165, 1.54) is 16.1 Å². The van der Waals surface area contributed by atoms with Gasteiger partial charge in [0, 0.05) is 53.8 Å². The van der Waals surface area contributed by atoms with Crippen molar-refractivity contribution in [2.24, 2.45) is 5.92 Å². The fourth-order valence-corrected chi connectivity index (χ4v) is 4.82. The first-order valence-electron chi connectivity index (χ1n) is 8.84. The number of aliphatic hydroxyl groups excluding tert-OH is 1. The van der Waals surface area contributed by atoms with Crippen molar-refractivity contribution in [3.8, 4) is 0 Å². The summed E-state index contributed by atoms with van der Waals surface area (Å²) in [5.74, 6) is 1.29. The minimum absolute atomic E-state index is 0.161. The summed E-state index contributed by atoms with van der Waals surface area (Å²) in [5, 5.41) is 20.0. The lowest BCUT2D eigenvalue weighted by Gasteiger charge is -2.21. The smallest absolute Gasteiger partial charge is 0.127 e. The van der Waals surface area contributed by atoms with Crippen molar-refractivity contribution in [3.63, 3.8) is 0 Å². The number of hydrogen-bond donors (Lipinski definition) is 4. The minimum atomic E-state index is 0.161. The molecule has 1 aliphatic heterocycles. The van der Waals surface area contributed by atoms with E-state index in [4.69, 9.17) is 0 Å². The van der Waals surface area contributed by atoms with Crippen LogP contribution in [0, 0.1) is 5.92 Å². The van der Waals surface area contributed by atoms with Crippen LogP contribution in [0.1, 0.15) is 30.2 Å². The monoisotopic (exact) mass is 356 g/mol. The number of nitrogens with zero attached hydrogens (tertiary/aromatic N) is 1. The zero-order valence-corrected chi connectivity index (χ0v) is 15.1. The number of para-hydroxylation sites is 1. The van der Waals surface area contributed by atoms with E-state index in [2.05, 4.69) is 51.3 Å². The Morgan fingerprint density at radius 1 is 1.32 bits per heavy atom. The number of rotatable bonds is 5. The lowest BCUT2D eigenvalue weighted by atomic mass is 10.1. The Hall–Kier alpha value is -1.92. The van der Waals surface area contributed by atoms with Gasteiger partial charge in [0.2, 0.25) is 0 Å². The van der Waals surface area contributed by atoms with E-state index < -0.39 is 0 Å². The molecule has 0 amide bonds. The van der Waals surface area contributed by atoms with Crippen LogP contribution in [0.5, 0.6) is 0 Å². The molecule has 0 spiro atoms. The molecule has 4 N–H and O–H groups in total. The molecule has 1 saturated carbocycles. The van der Waals surface area contributed by atoms with Gasteiger partial charge in [0.05, 0.1) is 0 Å².